The number of hydrogen-bond acceptors (Lipinski definition) is 4. The number of anilines is 2. The molecule has 2 rings (SSSR count). The molecule has 0 bridgehead atoms. The molecule has 6 heteroatoms. The third-order valence-corrected chi connectivity index (χ3v) is 4.34. The highest BCUT2D eigenvalue weighted by atomic mass is 35.5. The van der Waals surface area contributed by atoms with Gasteiger partial charge in [0, 0.05) is 25.7 Å². The van der Waals surface area contributed by atoms with Gasteiger partial charge in [0.15, 0.2) is 0 Å². The van der Waals surface area contributed by atoms with E-state index in [2.05, 4.69) is 41.0 Å². The minimum absolute atomic E-state index is 0.378. The number of likely N-dealkylation sites (N-methyl/N-ethyl adjacent to an activating group) is 1. The van der Waals surface area contributed by atoms with Crippen molar-refractivity contribution < 1.29 is 0 Å². The van der Waals surface area contributed by atoms with E-state index in [9.17, 15) is 0 Å². The van der Waals surface area contributed by atoms with E-state index in [4.69, 9.17) is 23.2 Å². The van der Waals surface area contributed by atoms with Crippen molar-refractivity contribution in [3.63, 3.8) is 0 Å². The molecule has 0 aromatic carbocycles. The van der Waals surface area contributed by atoms with Crippen LogP contribution in [0.3, 0.4) is 0 Å². The van der Waals surface area contributed by atoms with Crippen molar-refractivity contribution in [3.8, 4) is 0 Å². The molecule has 1 N–H and O–H groups in total. The summed E-state index contributed by atoms with van der Waals surface area (Å²) in [5.74, 6) is 1.56. The van der Waals surface area contributed by atoms with Crippen LogP contribution in [-0.2, 0) is 0 Å². The lowest BCUT2D eigenvalue weighted by Gasteiger charge is -2.30. The Balaban J connectivity index is 2.28. The highest BCUT2D eigenvalue weighted by molar-refractivity contribution is 6.37. The zero-order valence-corrected chi connectivity index (χ0v) is 14.5. The lowest BCUT2D eigenvalue weighted by molar-refractivity contribution is 0.337. The predicted molar refractivity (Wildman–Crippen MR) is 92.0 cm³/mol. The van der Waals surface area contributed by atoms with Gasteiger partial charge >= 0.3 is 0 Å². The summed E-state index contributed by atoms with van der Waals surface area (Å²) in [5.41, 5.74) is 0. The zero-order valence-electron chi connectivity index (χ0n) is 13.0. The van der Waals surface area contributed by atoms with Crippen LogP contribution in [0.4, 0.5) is 11.6 Å². The van der Waals surface area contributed by atoms with E-state index >= 15 is 0 Å². The summed E-state index contributed by atoms with van der Waals surface area (Å²) in [7, 11) is 2.16. The maximum atomic E-state index is 6.39. The number of halogens is 2. The summed E-state index contributed by atoms with van der Waals surface area (Å²) in [6, 6.07) is 2.17. The van der Waals surface area contributed by atoms with Crippen LogP contribution in [0.15, 0.2) is 6.07 Å². The molecule has 0 aliphatic carbocycles. The molecule has 1 aromatic heterocycles. The third kappa shape index (κ3) is 4.15. The Morgan fingerprint density at radius 2 is 2.10 bits per heavy atom. The van der Waals surface area contributed by atoms with Gasteiger partial charge in [-0.05, 0) is 39.4 Å². The van der Waals surface area contributed by atoms with Crippen molar-refractivity contribution in [1.29, 1.82) is 0 Å². The minimum Gasteiger partial charge on any atom is -0.369 e. The fourth-order valence-electron chi connectivity index (χ4n) is 2.71. The topological polar surface area (TPSA) is 31.4 Å². The first-order valence-electron chi connectivity index (χ1n) is 7.58. The van der Waals surface area contributed by atoms with Gasteiger partial charge < -0.3 is 15.1 Å². The molecule has 1 fully saturated rings. The number of nitrogens with zero attached hydrogens (tertiary/aromatic N) is 3. The van der Waals surface area contributed by atoms with Gasteiger partial charge in [0.05, 0.1) is 10.0 Å². The molecular formula is C15H24Cl2N4. The van der Waals surface area contributed by atoms with E-state index in [-0.39, 0.29) is 0 Å². The van der Waals surface area contributed by atoms with Crippen molar-refractivity contribution in [3.05, 3.63) is 16.1 Å². The maximum absolute atomic E-state index is 6.39. The second-order valence-electron chi connectivity index (χ2n) is 5.71. The maximum Gasteiger partial charge on any atom is 0.150 e. The van der Waals surface area contributed by atoms with Crippen LogP contribution in [-0.4, -0.2) is 49.2 Å². The van der Waals surface area contributed by atoms with E-state index in [0.29, 0.717) is 16.1 Å². The van der Waals surface area contributed by atoms with Crippen LogP contribution < -0.4 is 10.2 Å². The Bertz CT molecular complexity index is 481. The molecule has 0 saturated carbocycles. The molecule has 21 heavy (non-hydrogen) atoms. The van der Waals surface area contributed by atoms with Gasteiger partial charge in [-0.2, -0.15) is 0 Å². The second-order valence-corrected chi connectivity index (χ2v) is 6.52. The number of hydrogen-bond donors (Lipinski definition) is 1. The lowest BCUT2D eigenvalue weighted by atomic mass is 10.2. The molecule has 0 spiro atoms. The van der Waals surface area contributed by atoms with Crippen LogP contribution in [0.1, 0.15) is 26.7 Å². The van der Waals surface area contributed by atoms with Gasteiger partial charge in [-0.15, -0.1) is 0 Å². The Kier molecular flexibility index (Phi) is 5.97. The molecule has 4 nitrogen and oxygen atoms in total. The predicted octanol–water partition coefficient (Wildman–Crippen LogP) is 3.74. The quantitative estimate of drug-likeness (QED) is 0.911. The molecule has 1 aliphatic rings. The normalized spacial score (nSPS) is 20.4. The average Bonchev–Trinajstić information content (AvgIpc) is 2.59. The van der Waals surface area contributed by atoms with Gasteiger partial charge in [-0.1, -0.05) is 30.1 Å². The van der Waals surface area contributed by atoms with Crippen molar-refractivity contribution in [2.75, 3.05) is 43.4 Å². The molecule has 118 valence electrons. The van der Waals surface area contributed by atoms with Gasteiger partial charge in [0.1, 0.15) is 11.6 Å². The van der Waals surface area contributed by atoms with E-state index in [1.807, 2.05) is 0 Å². The lowest BCUT2D eigenvalue weighted by Crippen LogP contribution is -2.38. The van der Waals surface area contributed by atoms with Crippen LogP contribution >= 0.6 is 23.2 Å². The fraction of sp³-hybridized carbons (Fsp3) is 0.667. The number of pyridine rings is 1. The molecule has 0 amide bonds. The Labute approximate surface area is 137 Å². The zero-order chi connectivity index (χ0) is 15.4. The fourth-order valence-corrected chi connectivity index (χ4v) is 3.25. The highest BCUT2D eigenvalue weighted by Crippen LogP contribution is 2.33. The van der Waals surface area contributed by atoms with Crippen LogP contribution in [0.5, 0.6) is 0 Å². The highest BCUT2D eigenvalue weighted by Gasteiger charge is 2.23. The monoisotopic (exact) mass is 330 g/mol. The number of aromatic nitrogens is 1. The van der Waals surface area contributed by atoms with E-state index in [1.165, 1.54) is 0 Å². The summed E-state index contributed by atoms with van der Waals surface area (Å²) in [6.45, 7) is 8.27. The molecule has 1 atom stereocenters. The van der Waals surface area contributed by atoms with Gasteiger partial charge in [-0.25, -0.2) is 4.98 Å². The summed E-state index contributed by atoms with van der Waals surface area (Å²) in [4.78, 5) is 9.33. The first-order chi connectivity index (χ1) is 10.0. The third-order valence-electron chi connectivity index (χ3n) is 3.77. The molecule has 1 unspecified atom stereocenters. The standard InChI is InChI=1S/C15H24Cl2N4/c1-4-6-18-14-12(16)9-13(17)15(19-14)21-8-5-7-20(3)10-11(21)2/h9,11H,4-8,10H2,1-3H3,(H,18,19). The largest absolute Gasteiger partial charge is 0.369 e. The van der Waals surface area contributed by atoms with E-state index in [1.54, 1.807) is 6.07 Å². The summed E-state index contributed by atoms with van der Waals surface area (Å²) in [5, 5.41) is 4.47. The SMILES string of the molecule is CCCNc1nc(N2CCCN(C)CC2C)c(Cl)cc1Cl. The Hall–Kier alpha value is -0.710. The molecular weight excluding hydrogens is 307 g/mol. The summed E-state index contributed by atoms with van der Waals surface area (Å²) >= 11 is 12.6. The van der Waals surface area contributed by atoms with Crippen LogP contribution in [0.25, 0.3) is 0 Å². The van der Waals surface area contributed by atoms with Crippen molar-refractivity contribution in [1.82, 2.24) is 9.88 Å². The minimum atomic E-state index is 0.378. The summed E-state index contributed by atoms with van der Waals surface area (Å²) in [6.07, 6.45) is 2.14. The first-order valence-corrected chi connectivity index (χ1v) is 8.33. The molecule has 1 aliphatic heterocycles. The van der Waals surface area contributed by atoms with Crippen molar-refractivity contribution in [2.45, 2.75) is 32.7 Å². The average molecular weight is 331 g/mol. The van der Waals surface area contributed by atoms with Crippen molar-refractivity contribution in [2.24, 2.45) is 0 Å². The van der Waals surface area contributed by atoms with Gasteiger partial charge in [-0.3, -0.25) is 0 Å². The van der Waals surface area contributed by atoms with Gasteiger partial charge in [0.25, 0.3) is 0 Å². The molecule has 2 heterocycles. The van der Waals surface area contributed by atoms with E-state index < -0.39 is 0 Å². The smallest absolute Gasteiger partial charge is 0.150 e. The molecule has 0 radical (unpaired) electrons. The molecule has 1 aromatic rings. The number of nitrogens with one attached hydrogen (secondary N) is 1. The number of rotatable bonds is 4. The Morgan fingerprint density at radius 1 is 1.33 bits per heavy atom. The first kappa shape index (κ1) is 16.7. The van der Waals surface area contributed by atoms with Crippen LogP contribution in [0.2, 0.25) is 10.0 Å². The van der Waals surface area contributed by atoms with Crippen molar-refractivity contribution >= 4 is 34.8 Å². The molecule has 1 saturated heterocycles. The summed E-state index contributed by atoms with van der Waals surface area (Å²) < 4.78 is 0. The van der Waals surface area contributed by atoms with E-state index in [0.717, 1.165) is 50.7 Å². The second kappa shape index (κ2) is 7.52. The Morgan fingerprint density at radius 3 is 2.81 bits per heavy atom. The van der Waals surface area contributed by atoms with Gasteiger partial charge in [0.2, 0.25) is 0 Å². The van der Waals surface area contributed by atoms with Crippen LogP contribution in [0, 0.1) is 0 Å².